The summed E-state index contributed by atoms with van der Waals surface area (Å²) in [5, 5.41) is 0. The van der Waals surface area contributed by atoms with E-state index in [-0.39, 0.29) is 4.94 Å². The zero-order chi connectivity index (χ0) is 10.8. The minimum atomic E-state index is -0.290. The molecular formula is C11H10O3S. The molecule has 15 heavy (non-hydrogen) atoms. The molecule has 4 heteroatoms. The van der Waals surface area contributed by atoms with Gasteiger partial charge in [0.05, 0.1) is 4.70 Å². The van der Waals surface area contributed by atoms with Gasteiger partial charge in [0.15, 0.2) is 0 Å². The van der Waals surface area contributed by atoms with Crippen LogP contribution in [0.3, 0.4) is 0 Å². The fourth-order valence-electron chi connectivity index (χ4n) is 1.15. The number of hydrogen-bond donors (Lipinski definition) is 0. The third-order valence-electron chi connectivity index (χ3n) is 1.79. The largest absolute Gasteiger partial charge is 0.489 e. The molecule has 0 fully saturated rings. The molecule has 1 aromatic carbocycles. The number of ether oxygens (including phenoxy) is 1. The number of rotatable bonds is 3. The molecule has 0 aliphatic rings. The summed E-state index contributed by atoms with van der Waals surface area (Å²) >= 11 is 1.08. The maximum atomic E-state index is 11.0. The van der Waals surface area contributed by atoms with Crippen LogP contribution in [0.2, 0.25) is 0 Å². The van der Waals surface area contributed by atoms with Crippen molar-refractivity contribution in [1.82, 2.24) is 0 Å². The topological polar surface area (TPSA) is 39.4 Å². The van der Waals surface area contributed by atoms with Gasteiger partial charge in [-0.25, -0.2) is 4.79 Å². The maximum absolute atomic E-state index is 11.0. The van der Waals surface area contributed by atoms with Gasteiger partial charge in [-0.05, 0) is 24.6 Å². The molecule has 0 radical (unpaired) electrons. The Labute approximate surface area is 90.6 Å². The fraction of sp³-hybridized carbons (Fsp3) is 0.182. The van der Waals surface area contributed by atoms with Gasteiger partial charge in [-0.2, -0.15) is 0 Å². The highest BCUT2D eigenvalue weighted by Crippen LogP contribution is 2.22. The van der Waals surface area contributed by atoms with Crippen molar-refractivity contribution in [1.29, 1.82) is 0 Å². The summed E-state index contributed by atoms with van der Waals surface area (Å²) in [6, 6.07) is 5.32. The van der Waals surface area contributed by atoms with Crippen LogP contribution in [0, 0.1) is 0 Å². The molecule has 0 N–H and O–H groups in total. The smallest absolute Gasteiger partial charge is 0.396 e. The molecule has 0 amide bonds. The van der Waals surface area contributed by atoms with Gasteiger partial charge in [0.25, 0.3) is 0 Å². The lowest BCUT2D eigenvalue weighted by Crippen LogP contribution is -1.96. The molecule has 0 saturated heterocycles. The minimum Gasteiger partial charge on any atom is -0.489 e. The van der Waals surface area contributed by atoms with Crippen LogP contribution in [-0.2, 0) is 0 Å². The molecule has 2 aromatic rings. The van der Waals surface area contributed by atoms with Crippen LogP contribution in [0.5, 0.6) is 5.75 Å². The van der Waals surface area contributed by atoms with Gasteiger partial charge in [-0.15, -0.1) is 0 Å². The van der Waals surface area contributed by atoms with E-state index in [1.54, 1.807) is 18.2 Å². The zero-order valence-corrected chi connectivity index (χ0v) is 9.10. The fourth-order valence-corrected chi connectivity index (χ4v) is 1.85. The molecule has 0 spiro atoms. The highest BCUT2D eigenvalue weighted by atomic mass is 32.1. The van der Waals surface area contributed by atoms with Gasteiger partial charge in [-0.3, -0.25) is 0 Å². The normalized spacial score (nSPS) is 10.5. The minimum absolute atomic E-state index is 0.290. The van der Waals surface area contributed by atoms with Crippen molar-refractivity contribution < 1.29 is 9.15 Å². The van der Waals surface area contributed by atoms with Crippen LogP contribution in [0.15, 0.2) is 39.6 Å². The number of fused-ring (bicyclic) bond motifs is 1. The Bertz CT molecular complexity index is 550. The molecule has 0 aliphatic carbocycles. The van der Waals surface area contributed by atoms with Gasteiger partial charge in [0.1, 0.15) is 17.9 Å². The lowest BCUT2D eigenvalue weighted by atomic mass is 10.3. The summed E-state index contributed by atoms with van der Waals surface area (Å²) in [5.41, 5.74) is 1.56. The van der Waals surface area contributed by atoms with Crippen molar-refractivity contribution in [3.05, 3.63) is 40.1 Å². The SMILES string of the molecule is C=C(C)COc1ccc2oc(=O)sc2c1. The Kier molecular flexibility index (Phi) is 2.60. The van der Waals surface area contributed by atoms with Crippen molar-refractivity contribution in [3.8, 4) is 5.75 Å². The first-order valence-electron chi connectivity index (χ1n) is 4.46. The standard InChI is InChI=1S/C11H10O3S/c1-7(2)6-13-8-3-4-9-10(5-8)15-11(12)14-9/h3-5H,1,6H2,2H3. The van der Waals surface area contributed by atoms with Gasteiger partial charge < -0.3 is 9.15 Å². The van der Waals surface area contributed by atoms with Gasteiger partial charge in [-0.1, -0.05) is 17.9 Å². The molecule has 3 nitrogen and oxygen atoms in total. The van der Waals surface area contributed by atoms with E-state index in [0.29, 0.717) is 12.2 Å². The van der Waals surface area contributed by atoms with Gasteiger partial charge in [0, 0.05) is 6.07 Å². The highest BCUT2D eigenvalue weighted by molar-refractivity contribution is 7.16. The molecule has 0 bridgehead atoms. The van der Waals surface area contributed by atoms with E-state index in [4.69, 9.17) is 9.15 Å². The Morgan fingerprint density at radius 1 is 1.60 bits per heavy atom. The molecule has 0 saturated carbocycles. The highest BCUT2D eigenvalue weighted by Gasteiger charge is 2.03. The predicted octanol–water partition coefficient (Wildman–Crippen LogP) is 2.81. The predicted molar refractivity (Wildman–Crippen MR) is 60.7 cm³/mol. The van der Waals surface area contributed by atoms with Crippen molar-refractivity contribution in [2.45, 2.75) is 6.92 Å². The summed E-state index contributed by atoms with van der Waals surface area (Å²) in [5.74, 6) is 0.725. The third-order valence-corrected chi connectivity index (χ3v) is 2.58. The molecule has 2 rings (SSSR count). The molecule has 1 aromatic heterocycles. The molecule has 78 valence electrons. The summed E-state index contributed by atoms with van der Waals surface area (Å²) in [6.45, 7) is 6.13. The first-order chi connectivity index (χ1) is 7.15. The summed E-state index contributed by atoms with van der Waals surface area (Å²) < 4.78 is 11.2. The second-order valence-electron chi connectivity index (χ2n) is 3.31. The molecule has 0 aliphatic heterocycles. The lowest BCUT2D eigenvalue weighted by Gasteiger charge is -2.04. The number of hydrogen-bond acceptors (Lipinski definition) is 4. The Morgan fingerprint density at radius 3 is 3.13 bits per heavy atom. The molecule has 0 unspecified atom stereocenters. The van der Waals surface area contributed by atoms with Crippen LogP contribution >= 0.6 is 11.3 Å². The lowest BCUT2D eigenvalue weighted by molar-refractivity contribution is 0.353. The number of benzene rings is 1. The van der Waals surface area contributed by atoms with Gasteiger partial charge >= 0.3 is 4.94 Å². The molecule has 1 heterocycles. The van der Waals surface area contributed by atoms with Crippen molar-refractivity contribution >= 4 is 21.6 Å². The van der Waals surface area contributed by atoms with Crippen LogP contribution < -0.4 is 9.68 Å². The van der Waals surface area contributed by atoms with Crippen LogP contribution in [0.25, 0.3) is 10.3 Å². The van der Waals surface area contributed by atoms with E-state index in [1.807, 2.05) is 6.92 Å². The van der Waals surface area contributed by atoms with Crippen LogP contribution in [0.1, 0.15) is 6.92 Å². The zero-order valence-electron chi connectivity index (χ0n) is 8.28. The van der Waals surface area contributed by atoms with Crippen LogP contribution in [-0.4, -0.2) is 6.61 Å². The third kappa shape index (κ3) is 2.27. The molecular weight excluding hydrogens is 212 g/mol. The van der Waals surface area contributed by atoms with Crippen molar-refractivity contribution in [2.24, 2.45) is 0 Å². The average molecular weight is 222 g/mol. The van der Waals surface area contributed by atoms with Gasteiger partial charge in [0.2, 0.25) is 0 Å². The monoisotopic (exact) mass is 222 g/mol. The van der Waals surface area contributed by atoms with Crippen LogP contribution in [0.4, 0.5) is 0 Å². The first-order valence-corrected chi connectivity index (χ1v) is 5.28. The maximum Gasteiger partial charge on any atom is 0.396 e. The first kappa shape index (κ1) is 9.98. The van der Waals surface area contributed by atoms with E-state index < -0.39 is 0 Å². The second kappa shape index (κ2) is 3.90. The van der Waals surface area contributed by atoms with E-state index >= 15 is 0 Å². The summed E-state index contributed by atoms with van der Waals surface area (Å²) in [4.78, 5) is 10.7. The van der Waals surface area contributed by atoms with E-state index in [1.165, 1.54) is 0 Å². The van der Waals surface area contributed by atoms with E-state index in [9.17, 15) is 4.79 Å². The Hall–Kier alpha value is -1.55. The average Bonchev–Trinajstić information content (AvgIpc) is 2.53. The molecule has 0 atom stereocenters. The van der Waals surface area contributed by atoms with Crippen molar-refractivity contribution in [2.75, 3.05) is 6.61 Å². The van der Waals surface area contributed by atoms with Crippen molar-refractivity contribution in [3.63, 3.8) is 0 Å². The van der Waals surface area contributed by atoms with E-state index in [2.05, 4.69) is 6.58 Å². The second-order valence-corrected chi connectivity index (χ2v) is 4.29. The summed E-state index contributed by atoms with van der Waals surface area (Å²) in [6.07, 6.45) is 0. The summed E-state index contributed by atoms with van der Waals surface area (Å²) in [7, 11) is 0. The Balaban J connectivity index is 2.30. The Morgan fingerprint density at radius 2 is 2.40 bits per heavy atom. The van der Waals surface area contributed by atoms with E-state index in [0.717, 1.165) is 27.4 Å². The quantitative estimate of drug-likeness (QED) is 0.749.